The Kier molecular flexibility index (Phi) is 5.54. The molecule has 0 bridgehead atoms. The molecule has 1 unspecified atom stereocenters. The Morgan fingerprint density at radius 3 is 2.67 bits per heavy atom. The molecule has 1 saturated heterocycles. The highest BCUT2D eigenvalue weighted by atomic mass is 35.5. The summed E-state index contributed by atoms with van der Waals surface area (Å²) in [6.45, 7) is 0.820. The molecule has 0 saturated carbocycles. The van der Waals surface area contributed by atoms with Crippen LogP contribution in [-0.4, -0.2) is 60.8 Å². The van der Waals surface area contributed by atoms with Crippen LogP contribution in [0.15, 0.2) is 29.2 Å². The first kappa shape index (κ1) is 16.6. The monoisotopic (exact) mass is 349 g/mol. The van der Waals surface area contributed by atoms with E-state index in [1.165, 1.54) is 24.3 Å². The van der Waals surface area contributed by atoms with Crippen LogP contribution < -0.4 is 0 Å². The van der Waals surface area contributed by atoms with Crippen molar-refractivity contribution >= 4 is 39.2 Å². The average molecular weight is 350 g/mol. The third kappa shape index (κ3) is 4.35. The van der Waals surface area contributed by atoms with Gasteiger partial charge in [0.05, 0.1) is 10.6 Å². The standard InChI is InChI=1S/C13H16ClNO4S2/c14-10-1-3-11(4-2-10)21(18,19)8-6-15-5-7-20-9-12(15)13(16)17/h1-4,12H,5-9H2,(H,16,17). The zero-order valence-electron chi connectivity index (χ0n) is 11.2. The van der Waals surface area contributed by atoms with E-state index in [9.17, 15) is 13.2 Å². The number of carboxylic acids is 1. The molecule has 0 spiro atoms. The topological polar surface area (TPSA) is 74.7 Å². The third-order valence-corrected chi connectivity index (χ3v) is 6.33. The van der Waals surface area contributed by atoms with Crippen LogP contribution in [0, 0.1) is 0 Å². The van der Waals surface area contributed by atoms with Crippen molar-refractivity contribution in [2.75, 3.05) is 30.3 Å². The minimum Gasteiger partial charge on any atom is -0.480 e. The number of nitrogens with zero attached hydrogens (tertiary/aromatic N) is 1. The molecule has 1 N–H and O–H groups in total. The predicted octanol–water partition coefficient (Wildman–Crippen LogP) is 1.62. The van der Waals surface area contributed by atoms with Gasteiger partial charge in [0.2, 0.25) is 0 Å². The zero-order valence-corrected chi connectivity index (χ0v) is 13.6. The van der Waals surface area contributed by atoms with Crippen LogP contribution in [0.3, 0.4) is 0 Å². The molecule has 1 atom stereocenters. The second-order valence-electron chi connectivity index (χ2n) is 4.74. The highest BCUT2D eigenvalue weighted by molar-refractivity contribution is 7.99. The first-order valence-corrected chi connectivity index (χ1v) is 9.61. The first-order valence-electron chi connectivity index (χ1n) is 6.43. The molecule has 1 aliphatic rings. The van der Waals surface area contributed by atoms with Crippen LogP contribution in [0.25, 0.3) is 0 Å². The van der Waals surface area contributed by atoms with Crippen molar-refractivity contribution in [3.63, 3.8) is 0 Å². The van der Waals surface area contributed by atoms with Gasteiger partial charge >= 0.3 is 5.97 Å². The van der Waals surface area contributed by atoms with Crippen LogP contribution in [0.2, 0.25) is 5.02 Å². The summed E-state index contributed by atoms with van der Waals surface area (Å²) >= 11 is 7.32. The van der Waals surface area contributed by atoms with E-state index in [0.717, 1.165) is 5.75 Å². The summed E-state index contributed by atoms with van der Waals surface area (Å²) in [5.74, 6) is 0.329. The van der Waals surface area contributed by atoms with Crippen molar-refractivity contribution in [1.82, 2.24) is 4.90 Å². The number of hydrogen-bond donors (Lipinski definition) is 1. The van der Waals surface area contributed by atoms with Crippen molar-refractivity contribution in [2.24, 2.45) is 0 Å². The second kappa shape index (κ2) is 7.00. The maximum Gasteiger partial charge on any atom is 0.321 e. The van der Waals surface area contributed by atoms with Crippen molar-refractivity contribution in [2.45, 2.75) is 10.9 Å². The third-order valence-electron chi connectivity index (χ3n) is 3.34. The van der Waals surface area contributed by atoms with Gasteiger partial charge < -0.3 is 5.11 Å². The van der Waals surface area contributed by atoms with Gasteiger partial charge in [0.1, 0.15) is 6.04 Å². The Morgan fingerprint density at radius 1 is 1.38 bits per heavy atom. The van der Waals surface area contributed by atoms with Crippen molar-refractivity contribution in [1.29, 1.82) is 0 Å². The highest BCUT2D eigenvalue weighted by Crippen LogP contribution is 2.19. The quantitative estimate of drug-likeness (QED) is 0.870. The number of rotatable bonds is 5. The number of carboxylic acid groups (broad SMARTS) is 1. The molecular weight excluding hydrogens is 334 g/mol. The molecule has 0 aliphatic carbocycles. The molecule has 0 radical (unpaired) electrons. The van der Waals surface area contributed by atoms with Gasteiger partial charge in [-0.2, -0.15) is 11.8 Å². The van der Waals surface area contributed by atoms with Crippen LogP contribution in [0.1, 0.15) is 0 Å². The molecule has 116 valence electrons. The van der Waals surface area contributed by atoms with Gasteiger partial charge in [-0.15, -0.1) is 0 Å². The van der Waals surface area contributed by atoms with Crippen LogP contribution in [0.5, 0.6) is 0 Å². The SMILES string of the molecule is O=C(O)C1CSCCN1CCS(=O)(=O)c1ccc(Cl)cc1. The van der Waals surface area contributed by atoms with Gasteiger partial charge in [-0.05, 0) is 24.3 Å². The predicted molar refractivity (Wildman–Crippen MR) is 83.8 cm³/mol. The molecule has 0 aromatic heterocycles. The Balaban J connectivity index is 2.03. The smallest absolute Gasteiger partial charge is 0.321 e. The molecule has 21 heavy (non-hydrogen) atoms. The fourth-order valence-electron chi connectivity index (χ4n) is 2.13. The Bertz CT molecular complexity index is 603. The molecule has 1 aromatic rings. The highest BCUT2D eigenvalue weighted by Gasteiger charge is 2.29. The summed E-state index contributed by atoms with van der Waals surface area (Å²) in [7, 11) is -3.43. The van der Waals surface area contributed by atoms with Crippen LogP contribution in [0.4, 0.5) is 0 Å². The van der Waals surface area contributed by atoms with E-state index >= 15 is 0 Å². The largest absolute Gasteiger partial charge is 0.480 e. The van der Waals surface area contributed by atoms with E-state index in [-0.39, 0.29) is 17.2 Å². The Labute approximate surface area is 133 Å². The lowest BCUT2D eigenvalue weighted by molar-refractivity contribution is -0.142. The summed E-state index contributed by atoms with van der Waals surface area (Å²) < 4.78 is 24.5. The maximum atomic E-state index is 12.2. The van der Waals surface area contributed by atoms with Crippen molar-refractivity contribution in [3.05, 3.63) is 29.3 Å². The molecule has 1 aromatic carbocycles. The minimum atomic E-state index is -3.43. The normalized spacial score (nSPS) is 20.3. The van der Waals surface area contributed by atoms with E-state index in [1.54, 1.807) is 16.7 Å². The van der Waals surface area contributed by atoms with E-state index < -0.39 is 21.8 Å². The summed E-state index contributed by atoms with van der Waals surface area (Å²) in [4.78, 5) is 13.1. The number of aliphatic carboxylic acids is 1. The lowest BCUT2D eigenvalue weighted by Gasteiger charge is -2.32. The Morgan fingerprint density at radius 2 is 2.05 bits per heavy atom. The summed E-state index contributed by atoms with van der Waals surface area (Å²) in [5, 5.41) is 9.65. The van der Waals surface area contributed by atoms with E-state index in [4.69, 9.17) is 16.7 Å². The molecule has 1 aliphatic heterocycles. The van der Waals surface area contributed by atoms with Gasteiger partial charge in [0, 0.05) is 29.6 Å². The average Bonchev–Trinajstić information content (AvgIpc) is 2.46. The van der Waals surface area contributed by atoms with Gasteiger partial charge in [-0.3, -0.25) is 9.69 Å². The first-order chi connectivity index (χ1) is 9.90. The van der Waals surface area contributed by atoms with E-state index in [0.29, 0.717) is 17.3 Å². The number of hydrogen-bond acceptors (Lipinski definition) is 5. The fourth-order valence-corrected chi connectivity index (χ4v) is 4.62. The number of halogens is 1. The van der Waals surface area contributed by atoms with Gasteiger partial charge in [-0.25, -0.2) is 8.42 Å². The lowest BCUT2D eigenvalue weighted by Crippen LogP contribution is -2.48. The number of thioether (sulfide) groups is 1. The second-order valence-corrected chi connectivity index (χ2v) is 8.43. The van der Waals surface area contributed by atoms with Crippen molar-refractivity contribution < 1.29 is 18.3 Å². The minimum absolute atomic E-state index is 0.0942. The van der Waals surface area contributed by atoms with Crippen LogP contribution >= 0.6 is 23.4 Å². The lowest BCUT2D eigenvalue weighted by atomic mass is 10.3. The molecular formula is C13H16ClNO4S2. The molecule has 0 amide bonds. The van der Waals surface area contributed by atoms with Gasteiger partial charge in [-0.1, -0.05) is 11.6 Å². The molecule has 8 heteroatoms. The molecule has 1 heterocycles. The van der Waals surface area contributed by atoms with Crippen molar-refractivity contribution in [3.8, 4) is 0 Å². The Hall–Kier alpha value is -0.760. The molecule has 2 rings (SSSR count). The summed E-state index contributed by atoms with van der Waals surface area (Å²) in [6, 6.07) is 5.40. The zero-order chi connectivity index (χ0) is 15.5. The number of carbonyl (C=O) groups is 1. The fraction of sp³-hybridized carbons (Fsp3) is 0.462. The molecule has 1 fully saturated rings. The summed E-state index contributed by atoms with van der Waals surface area (Å²) in [5.41, 5.74) is 0. The van der Waals surface area contributed by atoms with E-state index in [2.05, 4.69) is 0 Å². The number of sulfone groups is 1. The van der Waals surface area contributed by atoms with E-state index in [1.807, 2.05) is 0 Å². The van der Waals surface area contributed by atoms with Gasteiger partial charge in [0.15, 0.2) is 9.84 Å². The van der Waals surface area contributed by atoms with Gasteiger partial charge in [0.25, 0.3) is 0 Å². The number of benzene rings is 1. The van der Waals surface area contributed by atoms with Crippen LogP contribution in [-0.2, 0) is 14.6 Å². The molecule has 5 nitrogen and oxygen atoms in total. The maximum absolute atomic E-state index is 12.2. The summed E-state index contributed by atoms with van der Waals surface area (Å²) in [6.07, 6.45) is 0.